The van der Waals surface area contributed by atoms with E-state index in [1.54, 1.807) is 20.8 Å². The van der Waals surface area contributed by atoms with E-state index in [9.17, 15) is 28.1 Å². The number of ether oxygens (including phenoxy) is 1. The second kappa shape index (κ2) is 7.08. The van der Waals surface area contributed by atoms with Crippen molar-refractivity contribution >= 4 is 23.4 Å². The summed E-state index contributed by atoms with van der Waals surface area (Å²) in [5.74, 6) is -0.327. The van der Waals surface area contributed by atoms with Crippen LogP contribution in [-0.2, 0) is 4.74 Å². The number of carbonyl (C=O) groups is 1. The Bertz CT molecular complexity index is 735. The molecule has 12 heteroatoms. The smallest absolute Gasteiger partial charge is 0.410 e. The number of halogens is 3. The van der Waals surface area contributed by atoms with E-state index >= 15 is 0 Å². The number of carbonyl (C=O) groups excluding carboxylic acids is 1. The molecule has 0 radical (unpaired) electrons. The Labute approximate surface area is 153 Å². The molecule has 1 fully saturated rings. The second-order valence-corrected chi connectivity index (χ2v) is 7.01. The lowest BCUT2D eigenvalue weighted by Crippen LogP contribution is -2.61. The summed E-state index contributed by atoms with van der Waals surface area (Å²) in [4.78, 5) is 28.0. The molecule has 1 aromatic rings. The summed E-state index contributed by atoms with van der Waals surface area (Å²) >= 11 is 0. The lowest BCUT2D eigenvalue weighted by molar-refractivity contribution is -0.384. The molecule has 1 atom stereocenters. The number of hydrogen-bond acceptors (Lipinski definition) is 7. The van der Waals surface area contributed by atoms with Gasteiger partial charge in [-0.3, -0.25) is 15.0 Å². The van der Waals surface area contributed by atoms with E-state index in [2.05, 4.69) is 4.98 Å². The Morgan fingerprint density at radius 2 is 1.96 bits per heavy atom. The number of anilines is 2. The van der Waals surface area contributed by atoms with Gasteiger partial charge in [-0.15, -0.1) is 0 Å². The molecule has 0 aromatic carbocycles. The molecule has 27 heavy (non-hydrogen) atoms. The van der Waals surface area contributed by atoms with Crippen LogP contribution in [0.1, 0.15) is 20.8 Å². The van der Waals surface area contributed by atoms with Crippen molar-refractivity contribution in [1.29, 1.82) is 0 Å². The number of aromatic nitrogens is 1. The third-order valence-electron chi connectivity index (χ3n) is 3.79. The lowest BCUT2D eigenvalue weighted by atomic mass is 10.1. The van der Waals surface area contributed by atoms with Gasteiger partial charge < -0.3 is 15.4 Å². The molecule has 0 bridgehead atoms. The molecule has 2 N–H and O–H groups in total. The number of rotatable bonds is 2. The van der Waals surface area contributed by atoms with Crippen LogP contribution >= 0.6 is 0 Å². The van der Waals surface area contributed by atoms with Gasteiger partial charge in [0.1, 0.15) is 17.5 Å². The van der Waals surface area contributed by atoms with Crippen LogP contribution in [0, 0.1) is 10.1 Å². The minimum atomic E-state index is -4.69. The number of pyridine rings is 1. The van der Waals surface area contributed by atoms with Gasteiger partial charge in [-0.2, -0.15) is 13.2 Å². The molecule has 1 unspecified atom stereocenters. The highest BCUT2D eigenvalue weighted by Gasteiger charge is 2.49. The fraction of sp³-hybridized carbons (Fsp3) is 0.600. The summed E-state index contributed by atoms with van der Waals surface area (Å²) in [6, 6.07) is 0.199. The van der Waals surface area contributed by atoms with Crippen LogP contribution in [0.3, 0.4) is 0 Å². The van der Waals surface area contributed by atoms with Gasteiger partial charge in [0.05, 0.1) is 4.92 Å². The van der Waals surface area contributed by atoms with E-state index in [1.807, 2.05) is 0 Å². The molecule has 2 rings (SSSR count). The van der Waals surface area contributed by atoms with Crippen LogP contribution in [0.15, 0.2) is 12.1 Å². The van der Waals surface area contributed by atoms with Crippen LogP contribution < -0.4 is 10.6 Å². The monoisotopic (exact) mass is 391 g/mol. The molecule has 0 saturated carbocycles. The highest BCUT2D eigenvalue weighted by molar-refractivity contribution is 5.69. The number of hydrogen-bond donors (Lipinski definition) is 1. The summed E-state index contributed by atoms with van der Waals surface area (Å²) in [7, 11) is 0. The number of nitrogen functional groups attached to an aromatic ring is 1. The van der Waals surface area contributed by atoms with Gasteiger partial charge in [0.15, 0.2) is 0 Å². The predicted octanol–water partition coefficient (Wildman–Crippen LogP) is 2.56. The average molecular weight is 391 g/mol. The number of nitrogens with zero attached hydrogens (tertiary/aromatic N) is 4. The molecular formula is C15H20F3N5O4. The first-order valence-corrected chi connectivity index (χ1v) is 8.02. The Balaban J connectivity index is 2.25. The molecule has 1 amide bonds. The number of nitro groups is 1. The molecule has 9 nitrogen and oxygen atoms in total. The van der Waals surface area contributed by atoms with Crippen molar-refractivity contribution in [3.8, 4) is 0 Å². The van der Waals surface area contributed by atoms with Crippen LogP contribution in [0.2, 0.25) is 0 Å². The summed E-state index contributed by atoms with van der Waals surface area (Å²) < 4.78 is 45.6. The summed E-state index contributed by atoms with van der Waals surface area (Å²) in [5.41, 5.74) is 4.14. The topological polar surface area (TPSA) is 115 Å². The molecule has 0 spiro atoms. The van der Waals surface area contributed by atoms with Crippen molar-refractivity contribution < 1.29 is 27.6 Å². The van der Waals surface area contributed by atoms with Crippen molar-refractivity contribution in [2.45, 2.75) is 38.6 Å². The van der Waals surface area contributed by atoms with Crippen LogP contribution in [0.25, 0.3) is 0 Å². The quantitative estimate of drug-likeness (QED) is 0.608. The molecular weight excluding hydrogens is 371 g/mol. The third kappa shape index (κ3) is 4.89. The molecule has 150 valence electrons. The third-order valence-corrected chi connectivity index (χ3v) is 3.79. The molecule has 1 saturated heterocycles. The van der Waals surface area contributed by atoms with E-state index in [-0.39, 0.29) is 18.9 Å². The standard InChI is InChI=1S/C15H20F3N5O4/c1-14(2,3)27-13(24)22-7-6-21(8-10(22)15(16,17)18)11-5-4-9(23(25)26)12(19)20-11/h4-5,10H,6-8H2,1-3H3,(H2,19,20). The minimum absolute atomic E-state index is 0.0378. The van der Waals surface area contributed by atoms with Gasteiger partial charge >= 0.3 is 18.0 Å². The SMILES string of the molecule is CC(C)(C)OC(=O)N1CCN(c2ccc([N+](=O)[O-])c(N)n2)CC1C(F)(F)F. The number of piperazine rings is 1. The number of alkyl halides is 3. The normalized spacial score (nSPS) is 18.4. The molecule has 0 aliphatic carbocycles. The van der Waals surface area contributed by atoms with Gasteiger partial charge in [-0.25, -0.2) is 9.78 Å². The van der Waals surface area contributed by atoms with Crippen molar-refractivity contribution in [1.82, 2.24) is 9.88 Å². The summed E-state index contributed by atoms with van der Waals surface area (Å²) in [6.07, 6.45) is -5.75. The maximum absolute atomic E-state index is 13.5. The van der Waals surface area contributed by atoms with E-state index < -0.39 is 46.9 Å². The summed E-state index contributed by atoms with van der Waals surface area (Å²) in [6.45, 7) is 3.88. The van der Waals surface area contributed by atoms with E-state index in [0.29, 0.717) is 4.90 Å². The van der Waals surface area contributed by atoms with Crippen LogP contribution in [0.5, 0.6) is 0 Å². The zero-order valence-corrected chi connectivity index (χ0v) is 15.0. The van der Waals surface area contributed by atoms with Crippen molar-refractivity contribution in [2.24, 2.45) is 0 Å². The molecule has 1 aliphatic rings. The zero-order valence-electron chi connectivity index (χ0n) is 15.0. The van der Waals surface area contributed by atoms with Gasteiger partial charge in [0, 0.05) is 25.7 Å². The first-order chi connectivity index (χ1) is 12.3. The maximum Gasteiger partial charge on any atom is 0.410 e. The Kier molecular flexibility index (Phi) is 5.38. The Morgan fingerprint density at radius 1 is 1.33 bits per heavy atom. The lowest BCUT2D eigenvalue weighted by Gasteiger charge is -2.42. The minimum Gasteiger partial charge on any atom is -0.444 e. The van der Waals surface area contributed by atoms with Gasteiger partial charge in [0.25, 0.3) is 0 Å². The molecule has 1 aliphatic heterocycles. The summed E-state index contributed by atoms with van der Waals surface area (Å²) in [5, 5.41) is 10.8. The highest BCUT2D eigenvalue weighted by Crippen LogP contribution is 2.31. The predicted molar refractivity (Wildman–Crippen MR) is 90.3 cm³/mol. The Morgan fingerprint density at radius 3 is 2.44 bits per heavy atom. The van der Waals surface area contributed by atoms with Crippen LogP contribution in [0.4, 0.5) is 35.3 Å². The van der Waals surface area contributed by atoms with Gasteiger partial charge in [0.2, 0.25) is 5.82 Å². The molecule has 1 aromatic heterocycles. The van der Waals surface area contributed by atoms with Crippen LogP contribution in [-0.4, -0.2) is 58.4 Å². The zero-order chi connectivity index (χ0) is 20.6. The Hall–Kier alpha value is -2.79. The van der Waals surface area contributed by atoms with Gasteiger partial charge in [-0.05, 0) is 26.8 Å². The first-order valence-electron chi connectivity index (χ1n) is 8.02. The largest absolute Gasteiger partial charge is 0.444 e. The number of nitrogens with two attached hydrogens (primary N) is 1. The number of amides is 1. The first kappa shape index (κ1) is 20.5. The van der Waals surface area contributed by atoms with E-state index in [4.69, 9.17) is 10.5 Å². The van der Waals surface area contributed by atoms with E-state index in [0.717, 1.165) is 6.07 Å². The fourth-order valence-corrected chi connectivity index (χ4v) is 2.60. The van der Waals surface area contributed by atoms with Gasteiger partial charge in [-0.1, -0.05) is 0 Å². The van der Waals surface area contributed by atoms with Crippen molar-refractivity contribution in [3.05, 3.63) is 22.2 Å². The van der Waals surface area contributed by atoms with E-state index in [1.165, 1.54) is 11.0 Å². The fourth-order valence-electron chi connectivity index (χ4n) is 2.60. The molecule has 2 heterocycles. The highest BCUT2D eigenvalue weighted by atomic mass is 19.4. The van der Waals surface area contributed by atoms with Crippen molar-refractivity contribution in [3.63, 3.8) is 0 Å². The average Bonchev–Trinajstić information content (AvgIpc) is 2.51. The maximum atomic E-state index is 13.5. The van der Waals surface area contributed by atoms with Crippen molar-refractivity contribution in [2.75, 3.05) is 30.3 Å². The second-order valence-electron chi connectivity index (χ2n) is 7.01.